The van der Waals surface area contributed by atoms with Crippen LogP contribution in [0.3, 0.4) is 0 Å². The van der Waals surface area contributed by atoms with E-state index in [9.17, 15) is 0 Å². The Morgan fingerprint density at radius 3 is 2.64 bits per heavy atom. The van der Waals surface area contributed by atoms with Crippen molar-refractivity contribution < 1.29 is 0 Å². The normalized spacial score (nSPS) is 12.1. The molecule has 0 aliphatic rings. The number of nitrogens with one attached hydrogen (secondary N) is 3. The van der Waals surface area contributed by atoms with E-state index in [2.05, 4.69) is 29.9 Å². The van der Waals surface area contributed by atoms with Gasteiger partial charge in [0.25, 0.3) is 0 Å². The molecule has 1 unspecified atom stereocenters. The number of hydrogen-bond donors (Lipinski definition) is 4. The van der Waals surface area contributed by atoms with Gasteiger partial charge in [-0.3, -0.25) is 10.8 Å². The lowest BCUT2D eigenvalue weighted by molar-refractivity contribution is 0.585. The van der Waals surface area contributed by atoms with E-state index in [4.69, 9.17) is 11.1 Å². The summed E-state index contributed by atoms with van der Waals surface area (Å²) in [6.07, 6.45) is 0. The van der Waals surface area contributed by atoms with Crippen LogP contribution in [0.1, 0.15) is 18.4 Å². The second-order valence-corrected chi connectivity index (χ2v) is 3.23. The first-order valence-corrected chi connectivity index (χ1v) is 4.58. The lowest BCUT2D eigenvalue weighted by Gasteiger charge is -2.13. The van der Waals surface area contributed by atoms with E-state index in [-0.39, 0.29) is 5.96 Å². The van der Waals surface area contributed by atoms with E-state index in [1.165, 1.54) is 5.56 Å². The molecule has 5 N–H and O–H groups in total. The molecule has 0 aromatic heterocycles. The highest BCUT2D eigenvalue weighted by Gasteiger charge is 2.03. The molecule has 0 spiro atoms. The monoisotopic (exact) mass is 192 g/mol. The highest BCUT2D eigenvalue weighted by Crippen LogP contribution is 2.12. The van der Waals surface area contributed by atoms with Crippen LogP contribution in [0, 0.1) is 5.41 Å². The van der Waals surface area contributed by atoms with Crippen LogP contribution in [0.15, 0.2) is 30.3 Å². The number of benzene rings is 1. The third kappa shape index (κ3) is 3.45. The predicted molar refractivity (Wildman–Crippen MR) is 57.9 cm³/mol. The van der Waals surface area contributed by atoms with Crippen molar-refractivity contribution in [2.75, 3.05) is 6.54 Å². The lowest BCUT2D eigenvalue weighted by Crippen LogP contribution is -2.43. The molecular weight excluding hydrogens is 176 g/mol. The summed E-state index contributed by atoms with van der Waals surface area (Å²) in [5.74, 6) is 0.327. The summed E-state index contributed by atoms with van der Waals surface area (Å²) < 4.78 is 0. The molecule has 0 fully saturated rings. The van der Waals surface area contributed by atoms with Gasteiger partial charge < -0.3 is 5.73 Å². The molecule has 0 saturated carbocycles. The van der Waals surface area contributed by atoms with Crippen molar-refractivity contribution in [3.63, 3.8) is 0 Å². The maximum absolute atomic E-state index is 6.95. The van der Waals surface area contributed by atoms with Crippen LogP contribution in [-0.4, -0.2) is 12.5 Å². The fourth-order valence-electron chi connectivity index (χ4n) is 1.20. The minimum atomic E-state index is -0.0646. The molecule has 1 aromatic rings. The van der Waals surface area contributed by atoms with E-state index in [0.29, 0.717) is 5.92 Å². The van der Waals surface area contributed by atoms with Gasteiger partial charge in [-0.1, -0.05) is 37.3 Å². The van der Waals surface area contributed by atoms with Gasteiger partial charge in [0.2, 0.25) is 0 Å². The smallest absolute Gasteiger partial charge is 0.200 e. The second-order valence-electron chi connectivity index (χ2n) is 3.23. The molecule has 0 amide bonds. The fraction of sp³-hybridized carbons (Fsp3) is 0.300. The largest absolute Gasteiger partial charge is 0.369 e. The number of hydrazine groups is 1. The maximum Gasteiger partial charge on any atom is 0.200 e. The first-order valence-electron chi connectivity index (χ1n) is 4.58. The number of hydrogen-bond acceptors (Lipinski definition) is 2. The first kappa shape index (κ1) is 10.5. The summed E-state index contributed by atoms with van der Waals surface area (Å²) in [7, 11) is 0. The minimum Gasteiger partial charge on any atom is -0.369 e. The standard InChI is InChI=1S/C10H16N4/c1-8(7-13-14-10(11)12)9-5-3-2-4-6-9/h2-6,8,13H,7H2,1H3,(H4,11,12,14). The SMILES string of the molecule is CC(CNNC(=N)N)c1ccccc1. The molecule has 0 radical (unpaired) electrons. The van der Waals surface area contributed by atoms with E-state index in [1.807, 2.05) is 18.2 Å². The van der Waals surface area contributed by atoms with Gasteiger partial charge in [-0.05, 0) is 11.5 Å². The van der Waals surface area contributed by atoms with Crippen LogP contribution in [0.2, 0.25) is 0 Å². The van der Waals surface area contributed by atoms with Gasteiger partial charge in [0.15, 0.2) is 5.96 Å². The van der Waals surface area contributed by atoms with Crippen LogP contribution in [0.5, 0.6) is 0 Å². The number of guanidine groups is 1. The van der Waals surface area contributed by atoms with Crippen molar-refractivity contribution >= 4 is 5.96 Å². The minimum absolute atomic E-state index is 0.0646. The highest BCUT2D eigenvalue weighted by molar-refractivity contribution is 5.73. The molecule has 4 nitrogen and oxygen atoms in total. The molecule has 14 heavy (non-hydrogen) atoms. The molecular formula is C10H16N4. The van der Waals surface area contributed by atoms with Crippen LogP contribution in [0.4, 0.5) is 0 Å². The zero-order chi connectivity index (χ0) is 10.4. The predicted octanol–water partition coefficient (Wildman–Crippen LogP) is 0.778. The molecule has 0 heterocycles. The molecule has 0 saturated heterocycles. The van der Waals surface area contributed by atoms with E-state index in [0.717, 1.165) is 6.54 Å². The van der Waals surface area contributed by atoms with Crippen LogP contribution in [0.25, 0.3) is 0 Å². The summed E-state index contributed by atoms with van der Waals surface area (Å²) in [4.78, 5) is 0. The third-order valence-electron chi connectivity index (χ3n) is 2.00. The highest BCUT2D eigenvalue weighted by atomic mass is 15.4. The summed E-state index contributed by atoms with van der Waals surface area (Å²) in [5.41, 5.74) is 11.8. The quantitative estimate of drug-likeness (QED) is 0.323. The van der Waals surface area contributed by atoms with Crippen molar-refractivity contribution in [3.05, 3.63) is 35.9 Å². The Balaban J connectivity index is 2.36. The topological polar surface area (TPSA) is 73.9 Å². The Labute approximate surface area is 84.0 Å². The Hall–Kier alpha value is -1.55. The van der Waals surface area contributed by atoms with Gasteiger partial charge in [0.05, 0.1) is 0 Å². The Morgan fingerprint density at radius 1 is 1.43 bits per heavy atom. The second kappa shape index (κ2) is 5.24. The summed E-state index contributed by atoms with van der Waals surface area (Å²) in [6, 6.07) is 10.2. The van der Waals surface area contributed by atoms with Gasteiger partial charge in [-0.15, -0.1) is 0 Å². The Bertz CT molecular complexity index is 283. The first-order chi connectivity index (χ1) is 6.70. The molecule has 0 aliphatic carbocycles. The third-order valence-corrected chi connectivity index (χ3v) is 2.00. The zero-order valence-electron chi connectivity index (χ0n) is 8.25. The van der Waals surface area contributed by atoms with Gasteiger partial charge in [0, 0.05) is 6.54 Å². The van der Waals surface area contributed by atoms with Crippen molar-refractivity contribution in [2.45, 2.75) is 12.8 Å². The van der Waals surface area contributed by atoms with E-state index >= 15 is 0 Å². The van der Waals surface area contributed by atoms with Crippen molar-refractivity contribution in [3.8, 4) is 0 Å². The summed E-state index contributed by atoms with van der Waals surface area (Å²) >= 11 is 0. The van der Waals surface area contributed by atoms with Gasteiger partial charge >= 0.3 is 0 Å². The van der Waals surface area contributed by atoms with Crippen LogP contribution in [-0.2, 0) is 0 Å². The summed E-state index contributed by atoms with van der Waals surface area (Å²) in [5, 5.41) is 6.95. The lowest BCUT2D eigenvalue weighted by atomic mass is 10.0. The van der Waals surface area contributed by atoms with Crippen LogP contribution >= 0.6 is 0 Å². The number of rotatable bonds is 4. The summed E-state index contributed by atoms with van der Waals surface area (Å²) in [6.45, 7) is 2.85. The molecule has 1 rings (SSSR count). The fourth-order valence-corrected chi connectivity index (χ4v) is 1.20. The molecule has 1 aromatic carbocycles. The molecule has 4 heteroatoms. The van der Waals surface area contributed by atoms with E-state index in [1.54, 1.807) is 0 Å². The van der Waals surface area contributed by atoms with Crippen LogP contribution < -0.4 is 16.6 Å². The number of nitrogens with two attached hydrogens (primary N) is 1. The average molecular weight is 192 g/mol. The van der Waals surface area contributed by atoms with Gasteiger partial charge in [-0.2, -0.15) is 0 Å². The molecule has 0 aliphatic heterocycles. The maximum atomic E-state index is 6.95. The van der Waals surface area contributed by atoms with Gasteiger partial charge in [0.1, 0.15) is 0 Å². The van der Waals surface area contributed by atoms with Gasteiger partial charge in [-0.25, -0.2) is 5.43 Å². The Kier molecular flexibility index (Phi) is 3.94. The molecule has 1 atom stereocenters. The van der Waals surface area contributed by atoms with Crippen molar-refractivity contribution in [1.82, 2.24) is 10.9 Å². The zero-order valence-corrected chi connectivity index (χ0v) is 8.25. The Morgan fingerprint density at radius 2 is 2.07 bits per heavy atom. The molecule has 0 bridgehead atoms. The molecule has 76 valence electrons. The average Bonchev–Trinajstić information content (AvgIpc) is 2.18. The van der Waals surface area contributed by atoms with Crippen molar-refractivity contribution in [1.29, 1.82) is 5.41 Å². The van der Waals surface area contributed by atoms with Crippen molar-refractivity contribution in [2.24, 2.45) is 5.73 Å². The van der Waals surface area contributed by atoms with E-state index < -0.39 is 0 Å².